The molecule has 0 atom stereocenters. The molecule has 134 valence electrons. The van der Waals surface area contributed by atoms with Gasteiger partial charge in [0.2, 0.25) is 5.89 Å². The maximum atomic E-state index is 11.5. The summed E-state index contributed by atoms with van der Waals surface area (Å²) in [5, 5.41) is 17.5. The first-order chi connectivity index (χ1) is 12.0. The Hall–Kier alpha value is -2.19. The third-order valence-corrected chi connectivity index (χ3v) is 4.13. The summed E-state index contributed by atoms with van der Waals surface area (Å²) in [6.45, 7) is 4.11. The summed E-state index contributed by atoms with van der Waals surface area (Å²) in [4.78, 5) is 11.5. The number of thioether (sulfide) groups is 1. The van der Waals surface area contributed by atoms with Gasteiger partial charge in [0, 0.05) is 6.42 Å². The zero-order valence-corrected chi connectivity index (χ0v) is 15.5. The standard InChI is InChI=1S/C16H17ClN2O5S/c1-4-13-18-19-16(24-13)25-12(15(20)21)8-9-6-10(17)14(22-3)11(7-9)23-5-2/h6-8H,4-5H2,1-3H3,(H,20,21)/b12-8+. The molecule has 0 spiro atoms. The third kappa shape index (κ3) is 4.90. The van der Waals surface area contributed by atoms with Crippen molar-refractivity contribution >= 4 is 35.4 Å². The Kier molecular flexibility index (Phi) is 6.72. The number of benzene rings is 1. The number of aliphatic carboxylic acids is 1. The second kappa shape index (κ2) is 8.77. The minimum atomic E-state index is -1.12. The number of carboxylic acids is 1. The lowest BCUT2D eigenvalue weighted by molar-refractivity contribution is -0.131. The fourth-order valence-corrected chi connectivity index (χ4v) is 2.92. The highest BCUT2D eigenvalue weighted by molar-refractivity contribution is 8.03. The summed E-state index contributed by atoms with van der Waals surface area (Å²) in [6.07, 6.45) is 2.03. The second-order valence-electron chi connectivity index (χ2n) is 4.70. The lowest BCUT2D eigenvalue weighted by atomic mass is 10.2. The molecule has 0 aliphatic heterocycles. The minimum absolute atomic E-state index is 0.00925. The normalized spacial score (nSPS) is 11.4. The summed E-state index contributed by atoms with van der Waals surface area (Å²) < 4.78 is 16.0. The van der Waals surface area contributed by atoms with Gasteiger partial charge in [-0.1, -0.05) is 18.5 Å². The van der Waals surface area contributed by atoms with Crippen LogP contribution in [-0.4, -0.2) is 35.0 Å². The monoisotopic (exact) mass is 384 g/mol. The Labute approximate surface area is 154 Å². The maximum Gasteiger partial charge on any atom is 0.342 e. The average molecular weight is 385 g/mol. The highest BCUT2D eigenvalue weighted by Crippen LogP contribution is 2.38. The van der Waals surface area contributed by atoms with E-state index in [1.807, 2.05) is 13.8 Å². The van der Waals surface area contributed by atoms with E-state index in [0.717, 1.165) is 11.8 Å². The van der Waals surface area contributed by atoms with Crippen molar-refractivity contribution in [3.05, 3.63) is 33.5 Å². The quantitative estimate of drug-likeness (QED) is 0.540. The molecule has 25 heavy (non-hydrogen) atoms. The summed E-state index contributed by atoms with van der Waals surface area (Å²) in [6, 6.07) is 3.25. The van der Waals surface area contributed by atoms with Crippen molar-refractivity contribution in [1.82, 2.24) is 10.2 Å². The lowest BCUT2D eigenvalue weighted by Crippen LogP contribution is -1.99. The molecule has 1 aromatic carbocycles. The molecule has 2 aromatic rings. The number of rotatable bonds is 8. The molecule has 2 rings (SSSR count). The van der Waals surface area contributed by atoms with Gasteiger partial charge in [-0.25, -0.2) is 4.79 Å². The van der Waals surface area contributed by atoms with E-state index < -0.39 is 5.97 Å². The number of methoxy groups -OCH3 is 1. The number of hydrogen-bond donors (Lipinski definition) is 1. The Bertz CT molecular complexity index is 791. The van der Waals surface area contributed by atoms with Crippen LogP contribution in [0, 0.1) is 0 Å². The first kappa shape index (κ1) is 19.1. The van der Waals surface area contributed by atoms with Crippen LogP contribution in [0.4, 0.5) is 0 Å². The molecule has 1 aromatic heterocycles. The summed E-state index contributed by atoms with van der Waals surface area (Å²) in [5.74, 6) is 0.156. The Morgan fingerprint density at radius 1 is 1.40 bits per heavy atom. The zero-order chi connectivity index (χ0) is 18.4. The van der Waals surface area contributed by atoms with Crippen LogP contribution < -0.4 is 9.47 Å². The molecule has 0 radical (unpaired) electrons. The molecule has 7 nitrogen and oxygen atoms in total. The summed E-state index contributed by atoms with van der Waals surface area (Å²) >= 11 is 7.06. The van der Waals surface area contributed by atoms with Crippen molar-refractivity contribution in [2.75, 3.05) is 13.7 Å². The fraction of sp³-hybridized carbons (Fsp3) is 0.312. The van der Waals surface area contributed by atoms with Gasteiger partial charge in [-0.15, -0.1) is 10.2 Å². The van der Waals surface area contributed by atoms with Gasteiger partial charge in [-0.3, -0.25) is 0 Å². The molecule has 0 aliphatic carbocycles. The highest BCUT2D eigenvalue weighted by atomic mass is 35.5. The lowest BCUT2D eigenvalue weighted by Gasteiger charge is -2.12. The van der Waals surface area contributed by atoms with E-state index in [-0.39, 0.29) is 10.1 Å². The maximum absolute atomic E-state index is 11.5. The number of aryl methyl sites for hydroxylation is 1. The molecule has 0 fully saturated rings. The van der Waals surface area contributed by atoms with Gasteiger partial charge in [0.15, 0.2) is 11.5 Å². The first-order valence-electron chi connectivity index (χ1n) is 7.44. The third-order valence-electron chi connectivity index (χ3n) is 2.99. The van der Waals surface area contributed by atoms with E-state index >= 15 is 0 Å². The van der Waals surface area contributed by atoms with Crippen molar-refractivity contribution in [3.8, 4) is 11.5 Å². The predicted molar refractivity (Wildman–Crippen MR) is 94.3 cm³/mol. The van der Waals surface area contributed by atoms with E-state index in [9.17, 15) is 9.90 Å². The van der Waals surface area contributed by atoms with Crippen LogP contribution in [0.15, 0.2) is 26.7 Å². The molecular weight excluding hydrogens is 368 g/mol. The molecular formula is C16H17ClN2O5S. The number of carbonyl (C=O) groups is 1. The van der Waals surface area contributed by atoms with E-state index in [1.165, 1.54) is 13.2 Å². The molecule has 0 aliphatic rings. The number of halogens is 1. The molecule has 0 amide bonds. The number of nitrogens with zero attached hydrogens (tertiary/aromatic N) is 2. The largest absolute Gasteiger partial charge is 0.491 e. The summed E-state index contributed by atoms with van der Waals surface area (Å²) in [5.41, 5.74) is 0.550. The number of aromatic nitrogens is 2. The van der Waals surface area contributed by atoms with E-state index in [0.29, 0.717) is 41.0 Å². The molecule has 1 N–H and O–H groups in total. The average Bonchev–Trinajstić information content (AvgIpc) is 3.02. The summed E-state index contributed by atoms with van der Waals surface area (Å²) in [7, 11) is 1.48. The molecule has 0 bridgehead atoms. The molecule has 0 saturated carbocycles. The minimum Gasteiger partial charge on any atom is -0.491 e. The van der Waals surface area contributed by atoms with Crippen LogP contribution in [0.2, 0.25) is 5.02 Å². The van der Waals surface area contributed by atoms with Crippen molar-refractivity contribution in [1.29, 1.82) is 0 Å². The van der Waals surface area contributed by atoms with Crippen LogP contribution in [0.5, 0.6) is 11.5 Å². The van der Waals surface area contributed by atoms with Gasteiger partial charge < -0.3 is 19.0 Å². The molecule has 1 heterocycles. The van der Waals surface area contributed by atoms with Gasteiger partial charge in [-0.2, -0.15) is 0 Å². The van der Waals surface area contributed by atoms with E-state index in [2.05, 4.69) is 10.2 Å². The Morgan fingerprint density at radius 3 is 2.72 bits per heavy atom. The molecule has 9 heteroatoms. The van der Waals surface area contributed by atoms with Crippen LogP contribution in [0.1, 0.15) is 25.3 Å². The van der Waals surface area contributed by atoms with Gasteiger partial charge in [0.05, 0.1) is 18.7 Å². The SMILES string of the molecule is CCOc1cc(/C=C(/Sc2nnc(CC)o2)C(=O)O)cc(Cl)c1OC. The van der Waals surface area contributed by atoms with Crippen LogP contribution in [-0.2, 0) is 11.2 Å². The van der Waals surface area contributed by atoms with Crippen molar-refractivity contribution in [2.45, 2.75) is 25.5 Å². The molecule has 0 saturated heterocycles. The fourth-order valence-electron chi connectivity index (χ4n) is 1.93. The van der Waals surface area contributed by atoms with Crippen molar-refractivity contribution in [2.24, 2.45) is 0 Å². The van der Waals surface area contributed by atoms with Crippen LogP contribution in [0.25, 0.3) is 6.08 Å². The van der Waals surface area contributed by atoms with Crippen LogP contribution in [0.3, 0.4) is 0 Å². The number of ether oxygens (including phenoxy) is 2. The smallest absolute Gasteiger partial charge is 0.342 e. The second-order valence-corrected chi connectivity index (χ2v) is 6.10. The van der Waals surface area contributed by atoms with Gasteiger partial charge >= 0.3 is 5.97 Å². The van der Waals surface area contributed by atoms with Crippen molar-refractivity contribution in [3.63, 3.8) is 0 Å². The predicted octanol–water partition coefficient (Wildman–Crippen LogP) is 3.91. The van der Waals surface area contributed by atoms with E-state index in [4.69, 9.17) is 25.5 Å². The zero-order valence-electron chi connectivity index (χ0n) is 13.9. The van der Waals surface area contributed by atoms with Gasteiger partial charge in [-0.05, 0) is 42.5 Å². The first-order valence-corrected chi connectivity index (χ1v) is 8.63. The molecule has 0 unspecified atom stereocenters. The number of carboxylic acid groups (broad SMARTS) is 1. The van der Waals surface area contributed by atoms with Gasteiger partial charge in [0.1, 0.15) is 4.91 Å². The van der Waals surface area contributed by atoms with Gasteiger partial charge in [0.25, 0.3) is 5.22 Å². The van der Waals surface area contributed by atoms with Crippen LogP contribution >= 0.6 is 23.4 Å². The van der Waals surface area contributed by atoms with E-state index in [1.54, 1.807) is 12.1 Å². The Balaban J connectivity index is 2.37. The van der Waals surface area contributed by atoms with Crippen molar-refractivity contribution < 1.29 is 23.8 Å². The number of hydrogen-bond acceptors (Lipinski definition) is 7. The topological polar surface area (TPSA) is 94.7 Å². The highest BCUT2D eigenvalue weighted by Gasteiger charge is 2.16. The Morgan fingerprint density at radius 2 is 2.16 bits per heavy atom.